The molecule has 0 heterocycles. The molecule has 1 rings (SSSR count). The fourth-order valence-corrected chi connectivity index (χ4v) is 1.89. The molecule has 0 saturated heterocycles. The first-order valence-corrected chi connectivity index (χ1v) is 5.99. The van der Waals surface area contributed by atoms with Crippen LogP contribution in [0.4, 0.5) is 0 Å². The fourth-order valence-electron chi connectivity index (χ4n) is 1.89. The van der Waals surface area contributed by atoms with E-state index in [1.807, 2.05) is 0 Å². The van der Waals surface area contributed by atoms with Crippen molar-refractivity contribution in [2.45, 2.75) is 32.4 Å². The first-order chi connectivity index (χ1) is 7.43. The van der Waals surface area contributed by atoms with Crippen LogP contribution < -0.4 is 18.9 Å². The molecule has 2 nitrogen and oxygen atoms in total. The Labute approximate surface area is 119 Å². The molecule has 0 amide bonds. The molecule has 2 atom stereocenters. The van der Waals surface area contributed by atoms with Crippen LogP contribution in [0.25, 0.3) is 0 Å². The van der Waals surface area contributed by atoms with Crippen molar-refractivity contribution in [2.75, 3.05) is 28.2 Å². The van der Waals surface area contributed by atoms with Gasteiger partial charge in [-0.3, -0.25) is 0 Å². The summed E-state index contributed by atoms with van der Waals surface area (Å²) in [6, 6.07) is 1.05. The van der Waals surface area contributed by atoms with Gasteiger partial charge in [0.1, 0.15) is 0 Å². The summed E-state index contributed by atoms with van der Waals surface area (Å²) in [5, 5.41) is 0. The molecule has 0 radical (unpaired) electrons. The van der Waals surface area contributed by atoms with E-state index in [9.17, 15) is 0 Å². The summed E-state index contributed by atoms with van der Waals surface area (Å²) in [4.78, 5) is 4.53. The summed E-state index contributed by atoms with van der Waals surface area (Å²) in [5.41, 5.74) is 1.51. The van der Waals surface area contributed by atoms with Gasteiger partial charge in [0.05, 0.1) is 0 Å². The maximum absolute atomic E-state index is 2.27. The minimum absolute atomic E-state index is 0. The Balaban J connectivity index is 0.00000256. The Kier molecular flexibility index (Phi) is 7.28. The normalized spacial score (nSPS) is 19.1. The fraction of sp³-hybridized carbons (Fsp3) is 0.643. The number of rotatable bonds is 4. The van der Waals surface area contributed by atoms with Crippen LogP contribution in [0.5, 0.6) is 0 Å². The van der Waals surface area contributed by atoms with E-state index in [0.29, 0.717) is 12.1 Å². The van der Waals surface area contributed by atoms with Crippen LogP contribution in [-0.2, 0) is 0 Å². The predicted molar refractivity (Wildman–Crippen MR) is 71.4 cm³/mol. The molecule has 0 aromatic carbocycles. The van der Waals surface area contributed by atoms with Gasteiger partial charge in [0.2, 0.25) is 0 Å². The van der Waals surface area contributed by atoms with Crippen LogP contribution in [-0.4, -0.2) is 50.1 Å². The quantitative estimate of drug-likeness (QED) is 0.466. The zero-order valence-corrected chi connectivity index (χ0v) is 12.5. The summed E-state index contributed by atoms with van der Waals surface area (Å²) in [7, 11) is 8.55. The van der Waals surface area contributed by atoms with Crippen molar-refractivity contribution < 1.29 is 18.9 Å². The molecule has 0 spiro atoms. The van der Waals surface area contributed by atoms with E-state index in [1.165, 1.54) is 11.5 Å². The molecule has 0 bridgehead atoms. The third-order valence-electron chi connectivity index (χ3n) is 3.65. The molecule has 0 fully saturated rings. The van der Waals surface area contributed by atoms with E-state index in [1.54, 1.807) is 0 Å². The van der Waals surface area contributed by atoms with Gasteiger partial charge in [-0.05, 0) is 41.2 Å². The Hall–Kier alpha value is -0.133. The van der Waals surface area contributed by atoms with Crippen LogP contribution in [0.2, 0.25) is 0 Å². The van der Waals surface area contributed by atoms with Gasteiger partial charge in [-0.25, -0.2) is 12.2 Å². The molecular weight excluding hydrogens is 203 g/mol. The molecule has 0 N–H and O–H groups in total. The first-order valence-electron chi connectivity index (χ1n) is 5.99. The molecule has 17 heavy (non-hydrogen) atoms. The van der Waals surface area contributed by atoms with Crippen molar-refractivity contribution in [1.29, 1.82) is 0 Å². The molecule has 3 heteroatoms. The zero-order chi connectivity index (χ0) is 12.3. The molecule has 0 aromatic rings. The topological polar surface area (TPSA) is 6.48 Å². The zero-order valence-electron chi connectivity index (χ0n) is 12.5. The van der Waals surface area contributed by atoms with Gasteiger partial charge in [0.15, 0.2) is 0 Å². The summed E-state index contributed by atoms with van der Waals surface area (Å²) >= 11 is 0. The van der Waals surface area contributed by atoms with Crippen LogP contribution in [0.15, 0.2) is 23.8 Å². The third kappa shape index (κ3) is 4.56. The van der Waals surface area contributed by atoms with Crippen molar-refractivity contribution in [3.8, 4) is 0 Å². The maximum atomic E-state index is 2.27. The average Bonchev–Trinajstić information content (AvgIpc) is 2.26. The smallest absolute Gasteiger partial charge is 0.319 e. The number of likely N-dealkylation sites (N-methyl/N-ethyl adjacent to an activating group) is 1. The van der Waals surface area contributed by atoms with Gasteiger partial charge in [-0.15, -0.1) is 6.08 Å². The van der Waals surface area contributed by atoms with E-state index in [4.69, 9.17) is 0 Å². The average molecular weight is 228 g/mol. The minimum atomic E-state index is 0. The van der Waals surface area contributed by atoms with Crippen molar-refractivity contribution in [1.82, 2.24) is 9.80 Å². The summed E-state index contributed by atoms with van der Waals surface area (Å²) in [6.45, 7) is 4.53. The second-order valence-electron chi connectivity index (χ2n) is 5.13. The summed E-state index contributed by atoms with van der Waals surface area (Å²) < 4.78 is 0. The van der Waals surface area contributed by atoms with E-state index in [0.717, 1.165) is 6.42 Å². The SMILES string of the molecule is CC(C1=CC=C[C-](C(C)N(C)C)C1)N(C)C.[Li+]. The van der Waals surface area contributed by atoms with Crippen LogP contribution >= 0.6 is 0 Å². The monoisotopic (exact) mass is 228 g/mol. The van der Waals surface area contributed by atoms with Crippen LogP contribution in [0, 0.1) is 5.92 Å². The molecule has 0 saturated carbocycles. The standard InChI is InChI=1S/C14H25N2.Li/c1-11(15(3)4)13-8-7-9-14(10-13)12(2)16(5)6;/h7-9,11-12H,10H2,1-6H3;/q-1;+1. The second kappa shape index (κ2) is 7.33. The van der Waals surface area contributed by atoms with E-state index in [-0.39, 0.29) is 18.9 Å². The molecule has 92 valence electrons. The Morgan fingerprint density at radius 2 is 1.71 bits per heavy atom. The van der Waals surface area contributed by atoms with Crippen LogP contribution in [0.3, 0.4) is 0 Å². The first kappa shape index (κ1) is 16.9. The van der Waals surface area contributed by atoms with Gasteiger partial charge in [-0.2, -0.15) is 5.92 Å². The van der Waals surface area contributed by atoms with E-state index < -0.39 is 0 Å². The van der Waals surface area contributed by atoms with Gasteiger partial charge in [-0.1, -0.05) is 18.9 Å². The molecule has 0 aliphatic heterocycles. The van der Waals surface area contributed by atoms with E-state index >= 15 is 0 Å². The molecule has 1 aliphatic rings. The number of hydrogen-bond donors (Lipinski definition) is 0. The van der Waals surface area contributed by atoms with Gasteiger partial charge in [0, 0.05) is 6.04 Å². The minimum Gasteiger partial charge on any atom is -0.319 e. The number of allylic oxidation sites excluding steroid dienone is 2. The maximum Gasteiger partial charge on any atom is 1.00 e. The summed E-state index contributed by atoms with van der Waals surface area (Å²) in [5.74, 6) is 1.51. The van der Waals surface area contributed by atoms with E-state index in [2.05, 4.69) is 70.1 Å². The summed E-state index contributed by atoms with van der Waals surface area (Å²) in [6.07, 6.45) is 7.82. The second-order valence-corrected chi connectivity index (χ2v) is 5.13. The molecule has 0 aromatic heterocycles. The number of hydrogen-bond acceptors (Lipinski definition) is 2. The molecule has 1 aliphatic carbocycles. The van der Waals surface area contributed by atoms with Crippen molar-refractivity contribution in [3.05, 3.63) is 29.7 Å². The van der Waals surface area contributed by atoms with Crippen molar-refractivity contribution in [3.63, 3.8) is 0 Å². The van der Waals surface area contributed by atoms with Crippen molar-refractivity contribution >= 4 is 0 Å². The van der Waals surface area contributed by atoms with Gasteiger partial charge in [0.25, 0.3) is 0 Å². The van der Waals surface area contributed by atoms with Gasteiger partial charge >= 0.3 is 18.9 Å². The Morgan fingerprint density at radius 3 is 2.18 bits per heavy atom. The molecular formula is C14H25LiN2. The third-order valence-corrected chi connectivity index (χ3v) is 3.65. The van der Waals surface area contributed by atoms with Gasteiger partial charge < -0.3 is 9.80 Å². The Bertz CT molecular complexity index is 282. The molecule has 2 unspecified atom stereocenters. The largest absolute Gasteiger partial charge is 1.00 e. The number of nitrogens with zero attached hydrogens (tertiary/aromatic N) is 2. The van der Waals surface area contributed by atoms with Crippen LogP contribution in [0.1, 0.15) is 20.3 Å². The van der Waals surface area contributed by atoms with Crippen molar-refractivity contribution in [2.24, 2.45) is 0 Å². The predicted octanol–water partition coefficient (Wildman–Crippen LogP) is -0.649. The Morgan fingerprint density at radius 1 is 1.12 bits per heavy atom.